The van der Waals surface area contributed by atoms with Gasteiger partial charge in [-0.25, -0.2) is 4.98 Å². The highest BCUT2D eigenvalue weighted by Crippen LogP contribution is 2.38. The molecule has 1 aliphatic heterocycles. The number of alkyl halides is 3. The van der Waals surface area contributed by atoms with Crippen LogP contribution >= 0.6 is 11.6 Å². The number of pyridine rings is 1. The summed E-state index contributed by atoms with van der Waals surface area (Å²) in [5, 5.41) is 8.32. The minimum Gasteiger partial charge on any atom is -0.348 e. The minimum atomic E-state index is -4.38. The van der Waals surface area contributed by atoms with Gasteiger partial charge >= 0.3 is 6.18 Å². The smallest absolute Gasteiger partial charge is 0.348 e. The molecule has 152 valence electrons. The predicted molar refractivity (Wildman–Crippen MR) is 104 cm³/mol. The van der Waals surface area contributed by atoms with Crippen molar-refractivity contribution in [3.8, 4) is 0 Å². The lowest BCUT2D eigenvalue weighted by molar-refractivity contribution is -0.138. The minimum absolute atomic E-state index is 0.0906. The molecule has 0 aliphatic carbocycles. The maximum atomic E-state index is 13.4. The molecular weight excluding hydrogens is 403 g/mol. The van der Waals surface area contributed by atoms with Gasteiger partial charge in [0.1, 0.15) is 23.1 Å². The van der Waals surface area contributed by atoms with Crippen LogP contribution in [0, 0.1) is 0 Å². The van der Waals surface area contributed by atoms with Crippen LogP contribution in [0.1, 0.15) is 40.9 Å². The second kappa shape index (κ2) is 7.33. The molecule has 0 fully saturated rings. The van der Waals surface area contributed by atoms with Crippen molar-refractivity contribution < 1.29 is 13.2 Å². The van der Waals surface area contributed by atoms with Gasteiger partial charge in [-0.05, 0) is 40.8 Å². The van der Waals surface area contributed by atoms with E-state index in [9.17, 15) is 13.2 Å². The summed E-state index contributed by atoms with van der Waals surface area (Å²) in [5.74, 6) is 1.50. The fraction of sp³-hybridized carbons (Fsp3) is 0.350. The molecule has 1 aliphatic rings. The molecule has 0 bridgehead atoms. The number of aromatic nitrogens is 4. The Balaban J connectivity index is 1.61. The first-order valence-electron chi connectivity index (χ1n) is 9.15. The quantitative estimate of drug-likeness (QED) is 0.570. The number of benzene rings is 1. The molecule has 0 saturated carbocycles. The molecule has 29 heavy (non-hydrogen) atoms. The van der Waals surface area contributed by atoms with Crippen LogP contribution in [-0.4, -0.2) is 19.7 Å². The van der Waals surface area contributed by atoms with Crippen molar-refractivity contribution in [1.29, 1.82) is 0 Å². The van der Waals surface area contributed by atoms with Crippen molar-refractivity contribution in [3.63, 3.8) is 0 Å². The van der Waals surface area contributed by atoms with E-state index in [0.717, 1.165) is 17.5 Å². The van der Waals surface area contributed by atoms with Crippen LogP contribution in [0.3, 0.4) is 0 Å². The molecular formula is C20H19ClF3N5. The molecule has 9 heteroatoms. The average molecular weight is 422 g/mol. The zero-order valence-electron chi connectivity index (χ0n) is 15.9. The number of fused-ring (bicyclic) bond motifs is 1. The van der Waals surface area contributed by atoms with Crippen molar-refractivity contribution in [1.82, 2.24) is 19.7 Å². The van der Waals surface area contributed by atoms with Crippen LogP contribution in [0.4, 0.5) is 19.0 Å². The van der Waals surface area contributed by atoms with Crippen LogP contribution < -0.4 is 4.90 Å². The van der Waals surface area contributed by atoms with E-state index < -0.39 is 11.7 Å². The normalized spacial score (nSPS) is 14.9. The third-order valence-corrected chi connectivity index (χ3v) is 5.47. The molecule has 3 heterocycles. The number of hydrogen-bond donors (Lipinski definition) is 0. The topological polar surface area (TPSA) is 46.8 Å². The van der Waals surface area contributed by atoms with Crippen molar-refractivity contribution in [2.24, 2.45) is 7.05 Å². The Labute approximate surface area is 171 Å². The summed E-state index contributed by atoms with van der Waals surface area (Å²) in [4.78, 5) is 6.19. The fourth-order valence-electron chi connectivity index (χ4n) is 3.68. The second-order valence-electron chi connectivity index (χ2n) is 7.34. The molecule has 1 aromatic carbocycles. The molecule has 0 radical (unpaired) electrons. The maximum Gasteiger partial charge on any atom is 0.416 e. The van der Waals surface area contributed by atoms with E-state index in [4.69, 9.17) is 11.6 Å². The average Bonchev–Trinajstić information content (AvgIpc) is 3.26. The van der Waals surface area contributed by atoms with E-state index in [1.807, 2.05) is 29.5 Å². The SMILES string of the molecule is C[C@H](Cc1nncn1C)c1cc(Cl)nc(N2Cc3cccc(C(F)(F)F)c3C2)c1. The molecule has 2 aromatic heterocycles. The molecule has 3 aromatic rings. The Morgan fingerprint density at radius 2 is 2.00 bits per heavy atom. The summed E-state index contributed by atoms with van der Waals surface area (Å²) in [6, 6.07) is 7.99. The van der Waals surface area contributed by atoms with Crippen LogP contribution in [-0.2, 0) is 32.7 Å². The highest BCUT2D eigenvalue weighted by atomic mass is 35.5. The van der Waals surface area contributed by atoms with Gasteiger partial charge in [-0.15, -0.1) is 10.2 Å². The molecule has 0 amide bonds. The lowest BCUT2D eigenvalue weighted by Gasteiger charge is -2.20. The van der Waals surface area contributed by atoms with Crippen LogP contribution in [0.5, 0.6) is 0 Å². The van der Waals surface area contributed by atoms with E-state index in [1.54, 1.807) is 18.5 Å². The molecule has 5 nitrogen and oxygen atoms in total. The van der Waals surface area contributed by atoms with Gasteiger partial charge in [-0.3, -0.25) is 0 Å². The number of halogens is 4. The van der Waals surface area contributed by atoms with Crippen LogP contribution in [0.2, 0.25) is 5.15 Å². The molecule has 4 rings (SSSR count). The van der Waals surface area contributed by atoms with E-state index >= 15 is 0 Å². The number of nitrogens with zero attached hydrogens (tertiary/aromatic N) is 5. The zero-order chi connectivity index (χ0) is 20.8. The Bertz CT molecular complexity index is 1050. The van der Waals surface area contributed by atoms with E-state index in [0.29, 0.717) is 35.1 Å². The van der Waals surface area contributed by atoms with Gasteiger partial charge in [0.15, 0.2) is 0 Å². The van der Waals surface area contributed by atoms with Gasteiger partial charge in [0.05, 0.1) is 5.56 Å². The van der Waals surface area contributed by atoms with Gasteiger partial charge in [0.2, 0.25) is 0 Å². The summed E-state index contributed by atoms with van der Waals surface area (Å²) < 4.78 is 41.9. The summed E-state index contributed by atoms with van der Waals surface area (Å²) in [6.07, 6.45) is -2.07. The van der Waals surface area contributed by atoms with E-state index in [1.165, 1.54) is 6.07 Å². The number of rotatable bonds is 4. The Morgan fingerprint density at radius 1 is 1.21 bits per heavy atom. The molecule has 0 spiro atoms. The first kappa shape index (κ1) is 19.7. The highest BCUT2D eigenvalue weighted by Gasteiger charge is 2.36. The lowest BCUT2D eigenvalue weighted by Crippen LogP contribution is -2.17. The molecule has 1 atom stereocenters. The van der Waals surface area contributed by atoms with Crippen molar-refractivity contribution in [2.45, 2.75) is 38.5 Å². The molecule has 0 saturated heterocycles. The van der Waals surface area contributed by atoms with E-state index in [-0.39, 0.29) is 12.5 Å². The summed E-state index contributed by atoms with van der Waals surface area (Å²) in [7, 11) is 1.88. The third-order valence-electron chi connectivity index (χ3n) is 5.28. The van der Waals surface area contributed by atoms with Gasteiger partial charge in [0, 0.05) is 26.6 Å². The third kappa shape index (κ3) is 3.94. The van der Waals surface area contributed by atoms with Gasteiger partial charge < -0.3 is 9.47 Å². The van der Waals surface area contributed by atoms with Crippen molar-refractivity contribution in [2.75, 3.05) is 4.90 Å². The predicted octanol–water partition coefficient (Wildman–Crippen LogP) is 4.75. The van der Waals surface area contributed by atoms with Crippen molar-refractivity contribution >= 4 is 17.4 Å². The highest BCUT2D eigenvalue weighted by molar-refractivity contribution is 6.29. The largest absolute Gasteiger partial charge is 0.416 e. The molecule has 0 unspecified atom stereocenters. The number of aryl methyl sites for hydroxylation is 1. The lowest BCUT2D eigenvalue weighted by atomic mass is 9.98. The van der Waals surface area contributed by atoms with Crippen molar-refractivity contribution in [3.05, 3.63) is 69.9 Å². The van der Waals surface area contributed by atoms with Gasteiger partial charge in [0.25, 0.3) is 0 Å². The van der Waals surface area contributed by atoms with Gasteiger partial charge in [-0.1, -0.05) is 30.7 Å². The van der Waals surface area contributed by atoms with Crippen LogP contribution in [0.15, 0.2) is 36.7 Å². The fourth-order valence-corrected chi connectivity index (χ4v) is 3.89. The molecule has 0 N–H and O–H groups in total. The maximum absolute atomic E-state index is 13.4. The second-order valence-corrected chi connectivity index (χ2v) is 7.73. The number of anilines is 1. The Hall–Kier alpha value is -2.61. The standard InChI is InChI=1S/C20H19ClF3N5/c1-12(6-19-27-25-11-28(19)2)14-7-17(21)26-18(8-14)29-9-13-4-3-5-16(15(13)10-29)20(22,23)24/h3-5,7-8,11-12H,6,9-10H2,1-2H3/t12-/m1/s1. The number of hydrogen-bond acceptors (Lipinski definition) is 4. The first-order valence-corrected chi connectivity index (χ1v) is 9.53. The summed E-state index contributed by atoms with van der Waals surface area (Å²) in [6.45, 7) is 2.56. The zero-order valence-corrected chi connectivity index (χ0v) is 16.7. The van der Waals surface area contributed by atoms with Crippen LogP contribution in [0.25, 0.3) is 0 Å². The van der Waals surface area contributed by atoms with Gasteiger partial charge in [-0.2, -0.15) is 13.2 Å². The summed E-state index contributed by atoms with van der Waals surface area (Å²) >= 11 is 6.25. The Kier molecular flexibility index (Phi) is 4.98. The summed E-state index contributed by atoms with van der Waals surface area (Å²) in [5.41, 5.74) is 1.33. The first-order chi connectivity index (χ1) is 13.7. The Morgan fingerprint density at radius 3 is 2.69 bits per heavy atom. The van der Waals surface area contributed by atoms with E-state index in [2.05, 4.69) is 15.2 Å². The monoisotopic (exact) mass is 421 g/mol.